The van der Waals surface area contributed by atoms with E-state index in [2.05, 4.69) is 0 Å². The lowest BCUT2D eigenvalue weighted by molar-refractivity contribution is -0.268. The van der Waals surface area contributed by atoms with Gasteiger partial charge in [0.05, 0.1) is 12.7 Å². The van der Waals surface area contributed by atoms with Gasteiger partial charge in [0.1, 0.15) is 138 Å². The Hall–Kier alpha value is -12.9. The van der Waals surface area contributed by atoms with Crippen LogP contribution in [0.3, 0.4) is 0 Å². The van der Waals surface area contributed by atoms with E-state index in [0.717, 1.165) is 66.7 Å². The first-order valence-electron chi connectivity index (χ1n) is 30.7. The van der Waals surface area contributed by atoms with Crippen molar-refractivity contribution in [2.75, 3.05) is 6.61 Å². The summed E-state index contributed by atoms with van der Waals surface area (Å²) >= 11 is 0. The van der Waals surface area contributed by atoms with Gasteiger partial charge in [-0.2, -0.15) is 0 Å². The molecule has 548 valence electrons. The largest absolute Gasteiger partial charge is 0.508 e. The standard InChI is InChI=1S/C21H20O11.C20H18O10.C15H10O7.C15H12O6/c1-7-15(26)17(28)18(29)21(30-7)32-20-16(27)14-12(25)5-9(22)6-13(14)31-19(20)8-2-3-10(23)11(24)4-8;21-9-3-1-8(2-4-9)18-19(30-20-17(27)15(25)12(24)7-28-20)16(26)14-11(23)5-10(22)6-13(14)29-18;16-7-4-10(19)12-11(5-7)22-15(14(21)13(12)20)6-1-2-8(17)9(18)3-6;16-8-3-1-7(2-4-8)15-14(20)13(19)12-10(18)5-9(17)6-11(12)21-15/h2-7,15,17-18,21-26,28-29H,1H3;1-6,12,15,17,20-25,27H,7H2;1-5,16-19,21H;1-6,14-18,20H/t7-,15-,17+,18+,21?;12-,15-,17+,20?;;/m10../s1. The van der Waals surface area contributed by atoms with Gasteiger partial charge in [-0.1, -0.05) is 12.1 Å². The number of benzene rings is 8. The van der Waals surface area contributed by atoms with Gasteiger partial charge in [0.15, 0.2) is 52.5 Å². The van der Waals surface area contributed by atoms with Crippen molar-refractivity contribution in [3.05, 3.63) is 175 Å². The molecule has 6 heterocycles. The van der Waals surface area contributed by atoms with E-state index in [0.29, 0.717) is 11.1 Å². The molecule has 0 aliphatic carbocycles. The number of hydrogen-bond donors (Lipinski definition) is 22. The number of phenols is 14. The van der Waals surface area contributed by atoms with Crippen LogP contribution in [0.1, 0.15) is 28.9 Å². The van der Waals surface area contributed by atoms with Crippen LogP contribution < -0.4 is 30.5 Å². The molecule has 2 fully saturated rings. The topological polar surface area (TPSA) is 599 Å². The lowest BCUT2D eigenvalue weighted by atomic mass is 9.93. The molecule has 11 aromatic rings. The number of Topliss-reactive ketones (excluding diaryl/α,β-unsaturated/α-hetero) is 1. The lowest BCUT2D eigenvalue weighted by Gasteiger charge is -2.38. The predicted molar refractivity (Wildman–Crippen MR) is 357 cm³/mol. The Morgan fingerprint density at radius 3 is 1.30 bits per heavy atom. The van der Waals surface area contributed by atoms with E-state index in [1.54, 1.807) is 0 Å². The summed E-state index contributed by atoms with van der Waals surface area (Å²) in [6.45, 7) is 1.07. The Balaban J connectivity index is 0.000000142. The van der Waals surface area contributed by atoms with Crippen LogP contribution in [0.25, 0.3) is 66.9 Å². The summed E-state index contributed by atoms with van der Waals surface area (Å²) in [6.07, 6.45) is -15.9. The van der Waals surface area contributed by atoms with E-state index in [4.69, 9.17) is 36.9 Å². The van der Waals surface area contributed by atoms with Crippen molar-refractivity contribution in [2.24, 2.45) is 0 Å². The van der Waals surface area contributed by atoms with Crippen LogP contribution in [0.4, 0.5) is 0 Å². The Bertz CT molecular complexity index is 5340. The van der Waals surface area contributed by atoms with Gasteiger partial charge in [-0.05, 0) is 85.3 Å². The maximum atomic E-state index is 13.2. The Morgan fingerprint density at radius 1 is 0.381 bits per heavy atom. The second-order valence-corrected chi connectivity index (χ2v) is 23.7. The third kappa shape index (κ3) is 14.7. The highest BCUT2D eigenvalue weighted by molar-refractivity contribution is 6.05. The highest BCUT2D eigenvalue weighted by Crippen LogP contribution is 2.45. The zero-order valence-corrected chi connectivity index (χ0v) is 53.5. The second-order valence-electron chi connectivity index (χ2n) is 23.7. The summed E-state index contributed by atoms with van der Waals surface area (Å²) in [4.78, 5) is 50.7. The van der Waals surface area contributed by atoms with Crippen LogP contribution in [-0.4, -0.2) is 186 Å². The fourth-order valence-electron chi connectivity index (χ4n) is 11.1. The molecule has 2 saturated heterocycles. The van der Waals surface area contributed by atoms with E-state index in [1.165, 1.54) is 73.7 Å². The summed E-state index contributed by atoms with van der Waals surface area (Å²) in [7, 11) is 0. The van der Waals surface area contributed by atoms with Gasteiger partial charge in [0, 0.05) is 65.2 Å². The summed E-state index contributed by atoms with van der Waals surface area (Å²) in [5.41, 5.74) is -2.27. The average Bonchev–Trinajstić information content (AvgIpc) is 0.776. The van der Waals surface area contributed by atoms with Crippen LogP contribution in [0.2, 0.25) is 0 Å². The van der Waals surface area contributed by atoms with Crippen molar-refractivity contribution in [3.8, 4) is 137 Å². The molecule has 0 amide bonds. The van der Waals surface area contributed by atoms with Crippen LogP contribution in [-0.2, 0) is 9.47 Å². The van der Waals surface area contributed by atoms with E-state index in [-0.39, 0.29) is 119 Å². The van der Waals surface area contributed by atoms with Crippen LogP contribution >= 0.6 is 0 Å². The van der Waals surface area contributed by atoms with E-state index >= 15 is 0 Å². The molecule has 0 radical (unpaired) electrons. The number of carbonyl (C=O) groups excluding carboxylic acids is 1. The van der Waals surface area contributed by atoms with E-state index in [1.807, 2.05) is 0 Å². The number of ether oxygens (including phenoxy) is 5. The van der Waals surface area contributed by atoms with Gasteiger partial charge >= 0.3 is 0 Å². The quantitative estimate of drug-likeness (QED) is 0.0940. The number of aliphatic hydroxyl groups is 7. The predicted octanol–water partition coefficient (Wildman–Crippen LogP) is 4.35. The van der Waals surface area contributed by atoms with Crippen LogP contribution in [0.5, 0.6) is 103 Å². The first kappa shape index (κ1) is 73.3. The minimum absolute atomic E-state index is 0.000810. The van der Waals surface area contributed by atoms with Gasteiger partial charge in [-0.3, -0.25) is 19.2 Å². The number of fused-ring (bicyclic) bond motifs is 4. The third-order valence-electron chi connectivity index (χ3n) is 16.4. The van der Waals surface area contributed by atoms with Crippen LogP contribution in [0.15, 0.2) is 161 Å². The molecular formula is C71H60O34. The molecule has 4 unspecified atom stereocenters. The monoisotopic (exact) mass is 1460 g/mol. The zero-order chi connectivity index (χ0) is 76.1. The molecule has 3 aromatic heterocycles. The molecule has 3 aliphatic heterocycles. The highest BCUT2D eigenvalue weighted by atomic mass is 16.7. The van der Waals surface area contributed by atoms with Gasteiger partial charge in [0.25, 0.3) is 0 Å². The first-order chi connectivity index (χ1) is 49.7. The van der Waals surface area contributed by atoms with Gasteiger partial charge in [-0.25, -0.2) is 0 Å². The number of carbonyl (C=O) groups is 1. The molecule has 11 atom stereocenters. The molecule has 22 N–H and O–H groups in total. The molecule has 34 heteroatoms. The average molecular weight is 1460 g/mol. The molecule has 0 saturated carbocycles. The van der Waals surface area contributed by atoms with Gasteiger partial charge in [0.2, 0.25) is 51.9 Å². The maximum Gasteiger partial charge on any atom is 0.239 e. The van der Waals surface area contributed by atoms with Crippen molar-refractivity contribution >= 4 is 38.7 Å². The molecule has 0 bridgehead atoms. The molecule has 34 nitrogen and oxygen atoms in total. The number of rotatable bonds is 8. The zero-order valence-electron chi connectivity index (χ0n) is 53.5. The highest BCUT2D eigenvalue weighted by Gasteiger charge is 2.45. The molecular weight excluding hydrogens is 1400 g/mol. The molecule has 14 rings (SSSR count). The third-order valence-corrected chi connectivity index (χ3v) is 16.4. The van der Waals surface area contributed by atoms with Crippen molar-refractivity contribution in [1.82, 2.24) is 0 Å². The maximum absolute atomic E-state index is 13.2. The molecule has 3 aliphatic rings. The van der Waals surface area contributed by atoms with E-state index in [9.17, 15) is 132 Å². The van der Waals surface area contributed by atoms with Crippen LogP contribution in [0, 0.1) is 0 Å². The van der Waals surface area contributed by atoms with Crippen molar-refractivity contribution in [3.63, 3.8) is 0 Å². The second kappa shape index (κ2) is 29.2. The lowest BCUT2D eigenvalue weighted by Crippen LogP contribution is -2.58. The summed E-state index contributed by atoms with van der Waals surface area (Å²) in [6, 6.07) is 26.9. The smallest absolute Gasteiger partial charge is 0.239 e. The normalized spacial score (nSPS) is 21.1. The minimum Gasteiger partial charge on any atom is -0.508 e. The molecule has 105 heavy (non-hydrogen) atoms. The van der Waals surface area contributed by atoms with Gasteiger partial charge < -0.3 is 149 Å². The summed E-state index contributed by atoms with van der Waals surface area (Å²) in [5.74, 6) is -8.35. The number of phenolic OH excluding ortho intramolecular Hbond substituents is 14. The Kier molecular flexibility index (Phi) is 20.4. The number of hydrogen-bond acceptors (Lipinski definition) is 34. The SMILES string of the molecule is C[C@H]1OC(Oc2c(-c3ccc(O)c(O)c3)oc3cc(O)cc(O)c3c2=O)[C@@H](O)[C@@H](O)[C@@H]1O.O=C1c2c(O)cc(O)cc2OC(c2ccc(O)cc2)C1O.O=c1c(O)c(-c2ccc(O)c(O)c2)oc2cc(O)cc(O)c12.O=c1c(OC2OC[C@H](O)[C@H](O)[C@H]2O)c(-c2ccc(O)cc2)oc2cc(O)cc(O)c12. The fourth-order valence-corrected chi connectivity index (χ4v) is 11.1. The van der Waals surface area contributed by atoms with E-state index < -0.39 is 147 Å². The van der Waals surface area contributed by atoms with Crippen molar-refractivity contribution in [2.45, 2.75) is 74.4 Å². The van der Waals surface area contributed by atoms with Crippen molar-refractivity contribution < 1.29 is 154 Å². The minimum atomic E-state index is -1.74. The number of ketones is 1. The number of aromatic hydroxyl groups is 15. The number of aliphatic hydroxyl groups excluding tert-OH is 7. The fraction of sp³-hybridized carbons (Fsp3) is 0.183. The molecule has 8 aromatic carbocycles. The first-order valence-corrected chi connectivity index (χ1v) is 30.7. The Labute approximate surface area is 584 Å². The summed E-state index contributed by atoms with van der Waals surface area (Å²) in [5, 5.41) is 214. The van der Waals surface area contributed by atoms with Crippen molar-refractivity contribution in [1.29, 1.82) is 0 Å². The summed E-state index contributed by atoms with van der Waals surface area (Å²) < 4.78 is 44.0. The molecule has 0 spiro atoms. The Morgan fingerprint density at radius 2 is 0.800 bits per heavy atom. The van der Waals surface area contributed by atoms with Gasteiger partial charge in [-0.15, -0.1) is 0 Å².